The van der Waals surface area contributed by atoms with Crippen molar-refractivity contribution in [1.29, 1.82) is 0 Å². The molecule has 7 nitrogen and oxygen atoms in total. The number of carbonyl (C=O) groups excluding carboxylic acids is 1. The first-order valence-electron chi connectivity index (χ1n) is 7.66. The van der Waals surface area contributed by atoms with E-state index in [9.17, 15) is 4.79 Å². The SMILES string of the molecule is CC1(C)OCC(CNC(=O)c2cnn(-c3cccc(Cl)c3Cl)c2N)O1. The monoisotopic (exact) mass is 384 g/mol. The Labute approximate surface area is 155 Å². The van der Waals surface area contributed by atoms with Gasteiger partial charge in [0.2, 0.25) is 0 Å². The summed E-state index contributed by atoms with van der Waals surface area (Å²) in [6, 6.07) is 5.10. The third-order valence-electron chi connectivity index (χ3n) is 3.77. The third-order valence-corrected chi connectivity index (χ3v) is 4.58. The summed E-state index contributed by atoms with van der Waals surface area (Å²) in [6.45, 7) is 4.38. The molecule has 0 aliphatic carbocycles. The maximum atomic E-state index is 12.4. The number of halogens is 2. The molecule has 0 spiro atoms. The van der Waals surface area contributed by atoms with Crippen LogP contribution in [0.25, 0.3) is 5.69 Å². The summed E-state index contributed by atoms with van der Waals surface area (Å²) >= 11 is 12.2. The van der Waals surface area contributed by atoms with Crippen LogP contribution in [0.1, 0.15) is 24.2 Å². The molecule has 1 amide bonds. The van der Waals surface area contributed by atoms with Crippen LogP contribution in [0.4, 0.5) is 5.82 Å². The lowest BCUT2D eigenvalue weighted by atomic mass is 10.2. The first-order chi connectivity index (χ1) is 11.8. The zero-order valence-corrected chi connectivity index (χ0v) is 15.3. The predicted octanol–water partition coefficient (Wildman–Crippen LogP) is 2.64. The van der Waals surface area contributed by atoms with Crippen LogP contribution in [0.15, 0.2) is 24.4 Å². The van der Waals surface area contributed by atoms with E-state index in [0.717, 1.165) is 0 Å². The average molecular weight is 385 g/mol. The Morgan fingerprint density at radius 2 is 2.24 bits per heavy atom. The summed E-state index contributed by atoms with van der Waals surface area (Å²) in [7, 11) is 0. The van der Waals surface area contributed by atoms with Crippen LogP contribution in [-0.4, -0.2) is 40.7 Å². The maximum Gasteiger partial charge on any atom is 0.256 e. The van der Waals surface area contributed by atoms with Crippen LogP contribution in [-0.2, 0) is 9.47 Å². The van der Waals surface area contributed by atoms with Crippen molar-refractivity contribution in [1.82, 2.24) is 15.1 Å². The van der Waals surface area contributed by atoms with Crippen molar-refractivity contribution in [3.63, 3.8) is 0 Å². The molecule has 1 atom stereocenters. The Hall–Kier alpha value is -1.80. The molecule has 3 N–H and O–H groups in total. The molecular weight excluding hydrogens is 367 g/mol. The third kappa shape index (κ3) is 3.74. The first kappa shape index (κ1) is 18.0. The molecule has 0 radical (unpaired) electrons. The lowest BCUT2D eigenvalue weighted by molar-refractivity contribution is -0.137. The number of amides is 1. The predicted molar refractivity (Wildman–Crippen MR) is 95.2 cm³/mol. The molecular formula is C16H18Cl2N4O3. The highest BCUT2D eigenvalue weighted by atomic mass is 35.5. The number of ether oxygens (including phenoxy) is 2. The quantitative estimate of drug-likeness (QED) is 0.845. The van der Waals surface area contributed by atoms with E-state index in [-0.39, 0.29) is 23.4 Å². The number of aromatic nitrogens is 2. The summed E-state index contributed by atoms with van der Waals surface area (Å²) in [5.74, 6) is -0.816. The summed E-state index contributed by atoms with van der Waals surface area (Å²) in [6.07, 6.45) is 1.18. The van der Waals surface area contributed by atoms with E-state index in [1.807, 2.05) is 13.8 Å². The smallest absolute Gasteiger partial charge is 0.256 e. The van der Waals surface area contributed by atoms with Gasteiger partial charge in [0.1, 0.15) is 17.5 Å². The second-order valence-electron chi connectivity index (χ2n) is 6.09. The zero-order valence-electron chi connectivity index (χ0n) is 13.8. The van der Waals surface area contributed by atoms with Crippen LogP contribution >= 0.6 is 23.2 Å². The molecule has 0 saturated carbocycles. The molecule has 1 fully saturated rings. The van der Waals surface area contributed by atoms with Gasteiger partial charge in [0, 0.05) is 6.54 Å². The summed E-state index contributed by atoms with van der Waals surface area (Å²) in [4.78, 5) is 12.4. The number of hydrogen-bond acceptors (Lipinski definition) is 5. The standard InChI is InChI=1S/C16H18Cl2N4O3/c1-16(2)24-8-9(25-16)6-20-15(23)10-7-21-22(14(10)19)12-5-3-4-11(17)13(12)18/h3-5,7,9H,6,8,19H2,1-2H3,(H,20,23). The minimum absolute atomic E-state index is 0.172. The van der Waals surface area contributed by atoms with E-state index in [1.165, 1.54) is 10.9 Å². The highest BCUT2D eigenvalue weighted by molar-refractivity contribution is 6.43. The van der Waals surface area contributed by atoms with Gasteiger partial charge in [0.15, 0.2) is 5.79 Å². The molecule has 3 rings (SSSR count). The van der Waals surface area contributed by atoms with Crippen molar-refractivity contribution in [2.24, 2.45) is 0 Å². The first-order valence-corrected chi connectivity index (χ1v) is 8.42. The number of nitrogen functional groups attached to an aromatic ring is 1. The molecule has 25 heavy (non-hydrogen) atoms. The minimum atomic E-state index is -0.636. The number of anilines is 1. The van der Waals surface area contributed by atoms with Crippen LogP contribution in [0.2, 0.25) is 10.0 Å². The van der Waals surface area contributed by atoms with E-state index in [1.54, 1.807) is 18.2 Å². The lowest BCUT2D eigenvalue weighted by Gasteiger charge is -2.17. The maximum absolute atomic E-state index is 12.4. The van der Waals surface area contributed by atoms with Crippen molar-refractivity contribution >= 4 is 34.9 Å². The molecule has 2 heterocycles. The van der Waals surface area contributed by atoms with Crippen molar-refractivity contribution in [2.75, 3.05) is 18.9 Å². The van der Waals surface area contributed by atoms with E-state index in [0.29, 0.717) is 28.9 Å². The number of nitrogens with one attached hydrogen (secondary N) is 1. The molecule has 1 aliphatic heterocycles. The van der Waals surface area contributed by atoms with E-state index in [4.69, 9.17) is 38.4 Å². The fourth-order valence-electron chi connectivity index (χ4n) is 2.55. The fourth-order valence-corrected chi connectivity index (χ4v) is 2.92. The van der Waals surface area contributed by atoms with E-state index >= 15 is 0 Å². The largest absolute Gasteiger partial charge is 0.383 e. The highest BCUT2D eigenvalue weighted by Crippen LogP contribution is 2.30. The Kier molecular flexibility index (Phi) is 4.92. The minimum Gasteiger partial charge on any atom is -0.383 e. The van der Waals surface area contributed by atoms with Gasteiger partial charge in [-0.2, -0.15) is 5.10 Å². The number of carbonyl (C=O) groups is 1. The summed E-state index contributed by atoms with van der Waals surface area (Å²) in [5, 5.41) is 7.60. The zero-order chi connectivity index (χ0) is 18.2. The van der Waals surface area contributed by atoms with Gasteiger partial charge in [-0.25, -0.2) is 4.68 Å². The van der Waals surface area contributed by atoms with Gasteiger partial charge >= 0.3 is 0 Å². The molecule has 1 aliphatic rings. The molecule has 1 aromatic carbocycles. The number of hydrogen-bond donors (Lipinski definition) is 2. The average Bonchev–Trinajstić information content (AvgIpc) is 3.10. The molecule has 2 aromatic rings. The normalized spacial score (nSPS) is 19.1. The fraction of sp³-hybridized carbons (Fsp3) is 0.375. The van der Waals surface area contributed by atoms with Gasteiger partial charge in [-0.3, -0.25) is 4.79 Å². The number of nitrogens with two attached hydrogens (primary N) is 1. The van der Waals surface area contributed by atoms with Crippen LogP contribution in [0, 0.1) is 0 Å². The van der Waals surface area contributed by atoms with Crippen LogP contribution < -0.4 is 11.1 Å². The Morgan fingerprint density at radius 1 is 1.48 bits per heavy atom. The lowest BCUT2D eigenvalue weighted by Crippen LogP contribution is -2.34. The number of nitrogens with zero attached hydrogens (tertiary/aromatic N) is 2. The molecule has 0 bridgehead atoms. The Bertz CT molecular complexity index is 807. The van der Waals surface area contributed by atoms with Crippen molar-refractivity contribution < 1.29 is 14.3 Å². The van der Waals surface area contributed by atoms with Gasteiger partial charge in [-0.1, -0.05) is 29.3 Å². The Morgan fingerprint density at radius 3 is 2.92 bits per heavy atom. The van der Waals surface area contributed by atoms with Gasteiger partial charge in [0.05, 0.1) is 28.5 Å². The van der Waals surface area contributed by atoms with Gasteiger partial charge in [-0.15, -0.1) is 0 Å². The van der Waals surface area contributed by atoms with Crippen LogP contribution in [0.3, 0.4) is 0 Å². The van der Waals surface area contributed by atoms with E-state index in [2.05, 4.69) is 10.4 Å². The summed E-state index contributed by atoms with van der Waals surface area (Å²) in [5.41, 5.74) is 6.81. The Balaban J connectivity index is 1.72. The highest BCUT2D eigenvalue weighted by Gasteiger charge is 2.32. The van der Waals surface area contributed by atoms with Crippen molar-refractivity contribution in [2.45, 2.75) is 25.7 Å². The molecule has 134 valence electrons. The topological polar surface area (TPSA) is 91.4 Å². The molecule has 1 unspecified atom stereocenters. The molecule has 1 aromatic heterocycles. The van der Waals surface area contributed by atoms with Crippen molar-refractivity contribution in [3.8, 4) is 5.69 Å². The molecule has 9 heteroatoms. The van der Waals surface area contributed by atoms with Crippen molar-refractivity contribution in [3.05, 3.63) is 40.0 Å². The van der Waals surface area contributed by atoms with E-state index < -0.39 is 5.79 Å². The number of benzene rings is 1. The number of rotatable bonds is 4. The van der Waals surface area contributed by atoms with Gasteiger partial charge < -0.3 is 20.5 Å². The molecule has 1 saturated heterocycles. The van der Waals surface area contributed by atoms with Gasteiger partial charge in [0.25, 0.3) is 5.91 Å². The van der Waals surface area contributed by atoms with Gasteiger partial charge in [-0.05, 0) is 26.0 Å². The second-order valence-corrected chi connectivity index (χ2v) is 6.87. The second kappa shape index (κ2) is 6.84. The summed E-state index contributed by atoms with van der Waals surface area (Å²) < 4.78 is 12.5. The van der Waals surface area contributed by atoms with Crippen LogP contribution in [0.5, 0.6) is 0 Å².